The first-order valence-electron chi connectivity index (χ1n) is 8.43. The minimum absolute atomic E-state index is 0.00186. The highest BCUT2D eigenvalue weighted by Crippen LogP contribution is 2.37. The van der Waals surface area contributed by atoms with Crippen LogP contribution in [0, 0.1) is 5.41 Å². The molecule has 0 aromatic rings. The highest BCUT2D eigenvalue weighted by atomic mass is 16.5. The van der Waals surface area contributed by atoms with Crippen LogP contribution in [0.5, 0.6) is 0 Å². The van der Waals surface area contributed by atoms with Crippen molar-refractivity contribution in [3.63, 3.8) is 0 Å². The van der Waals surface area contributed by atoms with E-state index in [1.807, 2.05) is 18.7 Å². The molecule has 2 N–H and O–H groups in total. The van der Waals surface area contributed by atoms with Gasteiger partial charge in [-0.25, -0.2) is 0 Å². The normalized spacial score (nSPS) is 29.6. The summed E-state index contributed by atoms with van der Waals surface area (Å²) < 4.78 is 11.1. The second-order valence-corrected chi connectivity index (χ2v) is 7.43. The van der Waals surface area contributed by atoms with Crippen LogP contribution in [0.3, 0.4) is 0 Å². The molecule has 3 aliphatic rings. The van der Waals surface area contributed by atoms with Crippen molar-refractivity contribution in [3.8, 4) is 0 Å². The molecular weight excluding hydrogens is 298 g/mol. The molecule has 7 heteroatoms. The molecule has 3 heterocycles. The molecule has 1 atom stereocenters. The van der Waals surface area contributed by atoms with Crippen LogP contribution >= 0.6 is 0 Å². The van der Waals surface area contributed by atoms with E-state index < -0.39 is 0 Å². The summed E-state index contributed by atoms with van der Waals surface area (Å²) in [5.74, 6) is 0.0327. The van der Waals surface area contributed by atoms with Crippen molar-refractivity contribution in [1.82, 2.24) is 15.5 Å². The van der Waals surface area contributed by atoms with Gasteiger partial charge in [-0.3, -0.25) is 14.9 Å². The quantitative estimate of drug-likeness (QED) is 0.732. The molecule has 3 fully saturated rings. The standard InChI is InChI=1S/C16H27N3O4/c1-15(2)11-19(5-8-23-15)12(20)9-17-13-14(21)18-10-16(13)3-6-22-7-4-16/h13,17H,3-11H2,1-2H3,(H,18,21). The topological polar surface area (TPSA) is 79.9 Å². The molecule has 1 unspecified atom stereocenters. The first-order valence-corrected chi connectivity index (χ1v) is 8.43. The molecule has 0 saturated carbocycles. The lowest BCUT2D eigenvalue weighted by atomic mass is 9.76. The molecule has 1 spiro atoms. The van der Waals surface area contributed by atoms with E-state index in [9.17, 15) is 9.59 Å². The second kappa shape index (κ2) is 6.37. The van der Waals surface area contributed by atoms with Crippen molar-refractivity contribution in [2.24, 2.45) is 5.41 Å². The summed E-state index contributed by atoms with van der Waals surface area (Å²) in [6.45, 7) is 7.95. The Morgan fingerprint density at radius 2 is 2.09 bits per heavy atom. The summed E-state index contributed by atoms with van der Waals surface area (Å²) in [6, 6.07) is -0.301. The second-order valence-electron chi connectivity index (χ2n) is 7.43. The fraction of sp³-hybridized carbons (Fsp3) is 0.875. The van der Waals surface area contributed by atoms with E-state index in [0.717, 1.165) is 12.8 Å². The van der Waals surface area contributed by atoms with E-state index >= 15 is 0 Å². The highest BCUT2D eigenvalue weighted by molar-refractivity contribution is 5.86. The minimum atomic E-state index is -0.305. The van der Waals surface area contributed by atoms with Crippen molar-refractivity contribution >= 4 is 11.8 Å². The van der Waals surface area contributed by atoms with Crippen LogP contribution in [-0.2, 0) is 19.1 Å². The van der Waals surface area contributed by atoms with E-state index in [1.165, 1.54) is 0 Å². The average Bonchev–Trinajstić information content (AvgIpc) is 2.81. The molecule has 2 amide bonds. The van der Waals surface area contributed by atoms with Crippen molar-refractivity contribution < 1.29 is 19.1 Å². The monoisotopic (exact) mass is 325 g/mol. The van der Waals surface area contributed by atoms with Gasteiger partial charge in [0.15, 0.2) is 0 Å². The van der Waals surface area contributed by atoms with Crippen LogP contribution in [0.4, 0.5) is 0 Å². The fourth-order valence-corrected chi connectivity index (χ4v) is 3.83. The van der Waals surface area contributed by atoms with E-state index in [2.05, 4.69) is 10.6 Å². The lowest BCUT2D eigenvalue weighted by Gasteiger charge is -2.39. The molecule has 7 nitrogen and oxygen atoms in total. The van der Waals surface area contributed by atoms with Crippen molar-refractivity contribution in [3.05, 3.63) is 0 Å². The number of carbonyl (C=O) groups is 2. The Kier molecular flexibility index (Phi) is 4.62. The maximum atomic E-state index is 12.5. The van der Waals surface area contributed by atoms with Crippen LogP contribution in [0.15, 0.2) is 0 Å². The van der Waals surface area contributed by atoms with Gasteiger partial charge >= 0.3 is 0 Å². The Bertz CT molecular complexity index is 474. The van der Waals surface area contributed by atoms with Crippen LogP contribution < -0.4 is 10.6 Å². The van der Waals surface area contributed by atoms with Gasteiger partial charge in [-0.05, 0) is 26.7 Å². The van der Waals surface area contributed by atoms with Gasteiger partial charge in [-0.1, -0.05) is 0 Å². The van der Waals surface area contributed by atoms with E-state index in [1.54, 1.807) is 0 Å². The molecule has 3 aliphatic heterocycles. The van der Waals surface area contributed by atoms with Gasteiger partial charge in [-0.15, -0.1) is 0 Å². The zero-order valence-corrected chi connectivity index (χ0v) is 14.0. The average molecular weight is 325 g/mol. The third kappa shape index (κ3) is 3.51. The number of hydrogen-bond acceptors (Lipinski definition) is 5. The van der Waals surface area contributed by atoms with Gasteiger partial charge in [-0.2, -0.15) is 0 Å². The van der Waals surface area contributed by atoms with Gasteiger partial charge in [0.25, 0.3) is 0 Å². The number of ether oxygens (including phenoxy) is 2. The minimum Gasteiger partial charge on any atom is -0.381 e. The summed E-state index contributed by atoms with van der Waals surface area (Å²) >= 11 is 0. The van der Waals surface area contributed by atoms with E-state index in [0.29, 0.717) is 39.5 Å². The smallest absolute Gasteiger partial charge is 0.237 e. The van der Waals surface area contributed by atoms with E-state index in [-0.39, 0.29) is 35.4 Å². The number of nitrogens with one attached hydrogen (secondary N) is 2. The molecule has 23 heavy (non-hydrogen) atoms. The van der Waals surface area contributed by atoms with Crippen LogP contribution in [0.1, 0.15) is 26.7 Å². The summed E-state index contributed by atoms with van der Waals surface area (Å²) in [6.07, 6.45) is 1.70. The number of nitrogens with zero attached hydrogens (tertiary/aromatic N) is 1. The maximum absolute atomic E-state index is 12.5. The van der Waals surface area contributed by atoms with Crippen LogP contribution in [-0.4, -0.2) is 74.4 Å². The van der Waals surface area contributed by atoms with Crippen molar-refractivity contribution in [2.75, 3.05) is 46.0 Å². The maximum Gasteiger partial charge on any atom is 0.237 e. The molecule has 3 rings (SSSR count). The number of morpholine rings is 1. The molecule has 3 saturated heterocycles. The Labute approximate surface area is 137 Å². The summed E-state index contributed by atoms with van der Waals surface area (Å²) in [5.41, 5.74) is -0.416. The third-order valence-electron chi connectivity index (χ3n) is 5.21. The lowest BCUT2D eigenvalue weighted by Crippen LogP contribution is -2.55. The molecule has 0 aliphatic carbocycles. The number of amides is 2. The predicted octanol–water partition coefficient (Wildman–Crippen LogP) is -0.491. The first kappa shape index (κ1) is 16.7. The van der Waals surface area contributed by atoms with E-state index in [4.69, 9.17) is 9.47 Å². The fourth-order valence-electron chi connectivity index (χ4n) is 3.83. The number of rotatable bonds is 3. The van der Waals surface area contributed by atoms with Crippen LogP contribution in [0.2, 0.25) is 0 Å². The largest absolute Gasteiger partial charge is 0.381 e. The Morgan fingerprint density at radius 3 is 2.78 bits per heavy atom. The zero-order chi connectivity index (χ0) is 16.5. The van der Waals surface area contributed by atoms with Gasteiger partial charge in [0.05, 0.1) is 24.8 Å². The Morgan fingerprint density at radius 1 is 1.35 bits per heavy atom. The zero-order valence-electron chi connectivity index (χ0n) is 14.0. The number of hydrogen-bond donors (Lipinski definition) is 2. The molecule has 0 aromatic heterocycles. The summed E-state index contributed by atoms with van der Waals surface area (Å²) in [5, 5.41) is 6.16. The van der Waals surface area contributed by atoms with Gasteiger partial charge in [0.1, 0.15) is 0 Å². The van der Waals surface area contributed by atoms with Crippen LogP contribution in [0.25, 0.3) is 0 Å². The molecule has 0 aromatic carbocycles. The number of carbonyl (C=O) groups excluding carboxylic acids is 2. The molecular formula is C16H27N3O4. The molecule has 0 radical (unpaired) electrons. The molecule has 130 valence electrons. The van der Waals surface area contributed by atoms with Gasteiger partial charge in [0.2, 0.25) is 11.8 Å². The highest BCUT2D eigenvalue weighted by Gasteiger charge is 2.49. The molecule has 0 bridgehead atoms. The first-order chi connectivity index (χ1) is 10.9. The van der Waals surface area contributed by atoms with Gasteiger partial charge < -0.3 is 19.7 Å². The van der Waals surface area contributed by atoms with Gasteiger partial charge in [0, 0.05) is 38.3 Å². The third-order valence-corrected chi connectivity index (χ3v) is 5.21. The summed E-state index contributed by atoms with van der Waals surface area (Å²) in [4.78, 5) is 26.5. The van der Waals surface area contributed by atoms with Crippen molar-refractivity contribution in [2.45, 2.75) is 38.3 Å². The predicted molar refractivity (Wildman–Crippen MR) is 83.9 cm³/mol. The summed E-state index contributed by atoms with van der Waals surface area (Å²) in [7, 11) is 0. The van der Waals surface area contributed by atoms with Crippen molar-refractivity contribution in [1.29, 1.82) is 0 Å². The Hall–Kier alpha value is -1.18. The Balaban J connectivity index is 1.58. The SMILES string of the molecule is CC1(C)CN(C(=O)CNC2C(=O)NCC23CCOCC3)CCO1. The lowest BCUT2D eigenvalue weighted by molar-refractivity contribution is -0.145.